The largest absolute Gasteiger partial charge is 0.483 e. The molecule has 2 N–H and O–H groups in total. The van der Waals surface area contributed by atoms with E-state index in [4.69, 9.17) is 9.15 Å². The number of thiophene rings is 1. The zero-order valence-corrected chi connectivity index (χ0v) is 20.5. The quantitative estimate of drug-likeness (QED) is 0.445. The van der Waals surface area contributed by atoms with Gasteiger partial charge < -0.3 is 24.5 Å². The Balaban J connectivity index is 1.32. The number of fused-ring (bicyclic) bond motifs is 2. The third kappa shape index (κ3) is 4.46. The number of aliphatic carboxylic acids is 1. The molecule has 2 unspecified atom stereocenters. The van der Waals surface area contributed by atoms with Gasteiger partial charge in [-0.1, -0.05) is 6.07 Å². The van der Waals surface area contributed by atoms with Crippen molar-refractivity contribution in [2.45, 2.75) is 24.8 Å². The number of nitrogens with one attached hydrogen (secondary N) is 1. The molecule has 1 fully saturated rings. The van der Waals surface area contributed by atoms with Crippen LogP contribution in [0.2, 0.25) is 0 Å². The maximum atomic E-state index is 15.0. The molecule has 2 aromatic heterocycles. The number of aryl methyl sites for hydroxylation is 1. The first-order valence-corrected chi connectivity index (χ1v) is 12.9. The first-order valence-electron chi connectivity index (χ1n) is 10.9. The summed E-state index contributed by atoms with van der Waals surface area (Å²) in [7, 11) is 0. The van der Waals surface area contributed by atoms with E-state index in [2.05, 4.69) is 5.32 Å². The van der Waals surface area contributed by atoms with Crippen molar-refractivity contribution in [1.29, 1.82) is 0 Å². The highest BCUT2D eigenvalue weighted by Crippen LogP contribution is 2.40. The molecular weight excluding hydrogens is 514 g/mol. The molecule has 0 radical (unpaired) electrons. The fraction of sp³-hybridized carbons (Fsp3) is 0.292. The van der Waals surface area contributed by atoms with Crippen molar-refractivity contribution in [2.75, 3.05) is 18.9 Å². The second-order valence-corrected chi connectivity index (χ2v) is 10.6. The second kappa shape index (κ2) is 9.58. The van der Waals surface area contributed by atoms with Crippen LogP contribution in [0.3, 0.4) is 0 Å². The molecule has 0 saturated carbocycles. The molecule has 2 aliphatic rings. The standard InChI is InChI=1S/C24H20F2N2O6S2/c1-11-5-18(30)34-21-14(11)7-15(25)22(19(21)26)33-9-12-10-36-23-16(8-28(23)20(12)24(31)32)27-17(29)6-13-3-2-4-35-13/h2-5,7,16,23H,6,8-10H2,1H3,(H,27,29)(H,31,32). The maximum absolute atomic E-state index is 15.0. The smallest absolute Gasteiger partial charge is 0.352 e. The number of carboxylic acids is 1. The summed E-state index contributed by atoms with van der Waals surface area (Å²) in [6, 6.07) is 5.67. The van der Waals surface area contributed by atoms with Gasteiger partial charge in [0.15, 0.2) is 17.1 Å². The second-order valence-electron chi connectivity index (χ2n) is 8.46. The zero-order valence-electron chi connectivity index (χ0n) is 18.9. The van der Waals surface area contributed by atoms with Crippen LogP contribution in [0.5, 0.6) is 5.75 Å². The van der Waals surface area contributed by atoms with Crippen LogP contribution in [-0.4, -0.2) is 52.2 Å². The van der Waals surface area contributed by atoms with E-state index in [1.54, 1.807) is 4.90 Å². The molecule has 2 aliphatic heterocycles. The average Bonchev–Trinajstić information content (AvgIpc) is 3.31. The first-order chi connectivity index (χ1) is 17.2. The molecule has 0 spiro atoms. The van der Waals surface area contributed by atoms with Gasteiger partial charge in [0.05, 0.1) is 17.8 Å². The summed E-state index contributed by atoms with van der Waals surface area (Å²) in [5, 5.41) is 14.5. The van der Waals surface area contributed by atoms with Gasteiger partial charge in [-0.15, -0.1) is 23.1 Å². The Morgan fingerprint density at radius 3 is 2.86 bits per heavy atom. The molecule has 36 heavy (non-hydrogen) atoms. The van der Waals surface area contributed by atoms with Gasteiger partial charge in [0.25, 0.3) is 0 Å². The highest BCUT2D eigenvalue weighted by Gasteiger charge is 2.46. The summed E-state index contributed by atoms with van der Waals surface area (Å²) in [6.07, 6.45) is 0.259. The van der Waals surface area contributed by atoms with Gasteiger partial charge in [-0.3, -0.25) is 4.79 Å². The van der Waals surface area contributed by atoms with Gasteiger partial charge >= 0.3 is 11.6 Å². The Kier molecular flexibility index (Phi) is 6.47. The number of thioether (sulfide) groups is 1. The molecule has 1 saturated heterocycles. The molecule has 2 atom stereocenters. The average molecular weight is 535 g/mol. The number of carbonyl (C=O) groups excluding carboxylic acids is 1. The topological polar surface area (TPSA) is 109 Å². The molecule has 0 bridgehead atoms. The van der Waals surface area contributed by atoms with Crippen LogP contribution in [0.15, 0.2) is 50.1 Å². The van der Waals surface area contributed by atoms with Crippen LogP contribution in [0, 0.1) is 18.6 Å². The Bertz CT molecular complexity index is 1450. The van der Waals surface area contributed by atoms with Gasteiger partial charge in [-0.05, 0) is 30.0 Å². The lowest BCUT2D eigenvalue weighted by Crippen LogP contribution is -2.66. The normalized spacial score (nSPS) is 19.1. The number of carboxylic acid groups (broad SMARTS) is 1. The van der Waals surface area contributed by atoms with Crippen molar-refractivity contribution in [3.05, 3.63) is 73.4 Å². The van der Waals surface area contributed by atoms with Crippen LogP contribution < -0.4 is 15.7 Å². The monoisotopic (exact) mass is 534 g/mol. The van der Waals surface area contributed by atoms with E-state index in [1.165, 1.54) is 30.0 Å². The van der Waals surface area contributed by atoms with Gasteiger partial charge in [-0.25, -0.2) is 14.0 Å². The fourth-order valence-corrected chi connectivity index (χ4v) is 6.40. The summed E-state index contributed by atoms with van der Waals surface area (Å²) in [4.78, 5) is 38.6. The fourth-order valence-electron chi connectivity index (χ4n) is 4.35. The first kappa shape index (κ1) is 24.3. The number of ether oxygens (including phenoxy) is 1. The third-order valence-electron chi connectivity index (χ3n) is 6.04. The van der Waals surface area contributed by atoms with Gasteiger partial charge in [0.1, 0.15) is 12.3 Å². The van der Waals surface area contributed by atoms with Crippen molar-refractivity contribution in [1.82, 2.24) is 10.2 Å². The lowest BCUT2D eigenvalue weighted by Gasteiger charge is -2.52. The Hall–Kier alpha value is -3.38. The van der Waals surface area contributed by atoms with Gasteiger partial charge in [0, 0.05) is 34.2 Å². The summed E-state index contributed by atoms with van der Waals surface area (Å²) in [6.45, 7) is 1.45. The highest BCUT2D eigenvalue weighted by molar-refractivity contribution is 8.00. The van der Waals surface area contributed by atoms with E-state index in [0.29, 0.717) is 17.7 Å². The van der Waals surface area contributed by atoms with Gasteiger partial charge in [-0.2, -0.15) is 4.39 Å². The summed E-state index contributed by atoms with van der Waals surface area (Å²) in [5.74, 6) is -3.99. The van der Waals surface area contributed by atoms with Crippen molar-refractivity contribution in [2.24, 2.45) is 0 Å². The van der Waals surface area contributed by atoms with E-state index in [1.807, 2.05) is 17.5 Å². The van der Waals surface area contributed by atoms with Crippen LogP contribution in [0.4, 0.5) is 8.78 Å². The minimum atomic E-state index is -1.19. The number of carbonyl (C=O) groups is 2. The lowest BCUT2D eigenvalue weighted by molar-refractivity contribution is -0.135. The molecule has 1 aromatic carbocycles. The van der Waals surface area contributed by atoms with Crippen LogP contribution >= 0.6 is 23.1 Å². The van der Waals surface area contributed by atoms with Crippen LogP contribution in [-0.2, 0) is 16.0 Å². The SMILES string of the molecule is Cc1cc(=O)oc2c(F)c(OCC3=C(C(=O)O)N4CC(NC(=O)Cc5cccs5)C4SC3)c(F)cc12. The van der Waals surface area contributed by atoms with E-state index in [0.717, 1.165) is 17.0 Å². The van der Waals surface area contributed by atoms with Crippen molar-refractivity contribution in [3.63, 3.8) is 0 Å². The van der Waals surface area contributed by atoms with Gasteiger partial charge in [0.2, 0.25) is 11.7 Å². The number of amides is 1. The predicted molar refractivity (Wildman–Crippen MR) is 130 cm³/mol. The highest BCUT2D eigenvalue weighted by atomic mass is 32.2. The summed E-state index contributed by atoms with van der Waals surface area (Å²) < 4.78 is 39.9. The van der Waals surface area contributed by atoms with Crippen LogP contribution in [0.1, 0.15) is 10.4 Å². The molecule has 12 heteroatoms. The molecule has 0 aliphatic carbocycles. The predicted octanol–water partition coefficient (Wildman–Crippen LogP) is 3.27. The van der Waals surface area contributed by atoms with Crippen molar-refractivity contribution in [3.8, 4) is 5.75 Å². The lowest BCUT2D eigenvalue weighted by atomic mass is 10.0. The summed E-state index contributed by atoms with van der Waals surface area (Å²) >= 11 is 2.90. The van der Waals surface area contributed by atoms with Crippen molar-refractivity contribution >= 4 is 45.9 Å². The Morgan fingerprint density at radius 2 is 2.14 bits per heavy atom. The Labute approximate surface area is 211 Å². The number of halogens is 2. The zero-order chi connectivity index (χ0) is 25.6. The summed E-state index contributed by atoms with van der Waals surface area (Å²) in [5.41, 5.74) is -0.517. The number of benzene rings is 1. The number of nitrogens with zero attached hydrogens (tertiary/aromatic N) is 1. The van der Waals surface area contributed by atoms with Crippen molar-refractivity contribution < 1.29 is 32.6 Å². The van der Waals surface area contributed by atoms with Crippen LogP contribution in [0.25, 0.3) is 11.0 Å². The van der Waals surface area contributed by atoms with E-state index in [9.17, 15) is 28.3 Å². The molecule has 5 rings (SSSR count). The Morgan fingerprint density at radius 1 is 1.33 bits per heavy atom. The number of hydrogen-bond donors (Lipinski definition) is 2. The molecule has 8 nitrogen and oxygen atoms in total. The number of hydrogen-bond acceptors (Lipinski definition) is 8. The molecule has 188 valence electrons. The molecular formula is C24H20F2N2O6S2. The minimum absolute atomic E-state index is 0.00788. The maximum Gasteiger partial charge on any atom is 0.352 e. The number of rotatable bonds is 7. The molecule has 3 aromatic rings. The van der Waals surface area contributed by atoms with E-state index >= 15 is 0 Å². The van der Waals surface area contributed by atoms with E-state index in [-0.39, 0.29) is 47.2 Å². The molecule has 1 amide bonds. The minimum Gasteiger partial charge on any atom is -0.483 e. The van der Waals surface area contributed by atoms with E-state index < -0.39 is 34.6 Å². The third-order valence-corrected chi connectivity index (χ3v) is 8.36. The molecule has 4 heterocycles.